The van der Waals surface area contributed by atoms with Crippen molar-refractivity contribution in [2.75, 3.05) is 0 Å². The Balaban J connectivity index is 0.00000363. The first kappa shape index (κ1) is 26.6. The Kier molecular flexibility index (Phi) is 9.57. The monoisotopic (exact) mass is 465 g/mol. The second-order valence-corrected chi connectivity index (χ2v) is 9.15. The minimum atomic E-state index is -1.37. The van der Waals surface area contributed by atoms with Crippen LogP contribution < -0.4 is 34.7 Å². The topological polar surface area (TPSA) is 93.5 Å². The molecule has 32 heavy (non-hydrogen) atoms. The number of carbonyl (C=O) groups is 1. The van der Waals surface area contributed by atoms with Crippen molar-refractivity contribution in [3.05, 3.63) is 58.4 Å². The normalized spacial score (nSPS) is 13.5. The number of aliphatic carboxylic acids is 1. The van der Waals surface area contributed by atoms with Gasteiger partial charge in [0.05, 0.1) is 17.9 Å². The van der Waals surface area contributed by atoms with E-state index in [-0.39, 0.29) is 47.7 Å². The molecule has 0 bridgehead atoms. The number of hydrogen-bond acceptors (Lipinski definition) is 6. The van der Waals surface area contributed by atoms with E-state index in [2.05, 4.69) is 0 Å². The summed E-state index contributed by atoms with van der Waals surface area (Å²) in [6.07, 6.45) is 0.371. The van der Waals surface area contributed by atoms with Gasteiger partial charge in [0.25, 0.3) is 0 Å². The zero-order chi connectivity index (χ0) is 22.7. The SMILES string of the molecule is Cc1cc2c(-c3ccc(F)cc3)c(/C=C/[C@@H](O)C[C@@H](O)CC(=O)[O-])c(C(C)C)nc2s1.[Na+]. The van der Waals surface area contributed by atoms with Crippen LogP contribution >= 0.6 is 11.3 Å². The number of hydrogen-bond donors (Lipinski definition) is 2. The second kappa shape index (κ2) is 11.5. The van der Waals surface area contributed by atoms with Gasteiger partial charge in [-0.3, -0.25) is 0 Å². The maximum atomic E-state index is 13.6. The first-order valence-corrected chi connectivity index (χ1v) is 10.9. The number of carboxylic acids is 1. The maximum Gasteiger partial charge on any atom is 1.00 e. The summed E-state index contributed by atoms with van der Waals surface area (Å²) in [6.45, 7) is 6.06. The maximum absolute atomic E-state index is 13.6. The third-order valence-corrected chi connectivity index (χ3v) is 5.90. The van der Waals surface area contributed by atoms with Crippen LogP contribution in [0.1, 0.15) is 48.7 Å². The van der Waals surface area contributed by atoms with Gasteiger partial charge in [-0.25, -0.2) is 9.37 Å². The number of benzene rings is 1. The number of aliphatic hydroxyl groups is 2. The Morgan fingerprint density at radius 2 is 1.91 bits per heavy atom. The van der Waals surface area contributed by atoms with Gasteiger partial charge in [-0.1, -0.05) is 38.1 Å². The molecule has 0 radical (unpaired) electrons. The number of nitrogens with zero attached hydrogens (tertiary/aromatic N) is 1. The number of rotatable bonds is 8. The van der Waals surface area contributed by atoms with Crippen LogP contribution in [0.25, 0.3) is 27.4 Å². The molecule has 0 unspecified atom stereocenters. The zero-order valence-electron chi connectivity index (χ0n) is 18.6. The number of thiophene rings is 1. The number of halogens is 1. The van der Waals surface area contributed by atoms with Gasteiger partial charge < -0.3 is 20.1 Å². The standard InChI is InChI=1S/C24H26FNO4S.Na/c1-13(2)23-19(9-8-17(27)11-18(28)12-21(29)30)22(15-4-6-16(25)7-5-15)20-10-14(3)31-24(20)26-23;/h4-10,13,17-18,27-28H,11-12H2,1-3H3,(H,29,30);/q;+1/p-1/b9-8+;/t17-,18-;/m1./s1. The van der Waals surface area contributed by atoms with Crippen molar-refractivity contribution < 1.29 is 54.1 Å². The summed E-state index contributed by atoms with van der Waals surface area (Å²) in [5.74, 6) is -1.60. The number of aromatic nitrogens is 1. The van der Waals surface area contributed by atoms with E-state index in [1.165, 1.54) is 18.2 Å². The zero-order valence-corrected chi connectivity index (χ0v) is 21.4. The van der Waals surface area contributed by atoms with Crippen molar-refractivity contribution in [3.63, 3.8) is 0 Å². The molecule has 0 spiro atoms. The Hall–Kier alpha value is -1.61. The Bertz CT molecular complexity index is 1110. The number of fused-ring (bicyclic) bond motifs is 1. The molecule has 3 aromatic rings. The summed E-state index contributed by atoms with van der Waals surface area (Å²) >= 11 is 1.59. The summed E-state index contributed by atoms with van der Waals surface area (Å²) in [6, 6.07) is 8.31. The van der Waals surface area contributed by atoms with E-state index in [0.717, 1.165) is 37.5 Å². The van der Waals surface area contributed by atoms with Crippen molar-refractivity contribution in [1.82, 2.24) is 4.98 Å². The van der Waals surface area contributed by atoms with Crippen LogP contribution in [0.5, 0.6) is 0 Å². The van der Waals surface area contributed by atoms with Gasteiger partial charge in [-0.2, -0.15) is 0 Å². The van der Waals surface area contributed by atoms with Crippen molar-refractivity contribution in [2.45, 2.75) is 51.7 Å². The van der Waals surface area contributed by atoms with Crippen LogP contribution in [0, 0.1) is 12.7 Å². The van der Waals surface area contributed by atoms with Gasteiger partial charge in [0.2, 0.25) is 0 Å². The van der Waals surface area contributed by atoms with Gasteiger partial charge in [0.15, 0.2) is 0 Å². The number of pyridine rings is 1. The average molecular weight is 466 g/mol. The van der Waals surface area contributed by atoms with Gasteiger partial charge >= 0.3 is 29.6 Å². The quantitative estimate of drug-likeness (QED) is 0.480. The van der Waals surface area contributed by atoms with Crippen molar-refractivity contribution in [2.24, 2.45) is 0 Å². The summed E-state index contributed by atoms with van der Waals surface area (Å²) < 4.78 is 13.6. The molecule has 8 heteroatoms. The molecule has 0 saturated heterocycles. The molecule has 2 heterocycles. The van der Waals surface area contributed by atoms with Crippen molar-refractivity contribution >= 4 is 33.6 Å². The first-order chi connectivity index (χ1) is 14.7. The summed E-state index contributed by atoms with van der Waals surface area (Å²) in [4.78, 5) is 17.5. The van der Waals surface area contributed by atoms with Gasteiger partial charge in [-0.15, -0.1) is 11.3 Å². The molecule has 0 saturated carbocycles. The molecule has 164 valence electrons. The molecule has 0 amide bonds. The van der Waals surface area contributed by atoms with Crippen LogP contribution in [-0.4, -0.2) is 33.4 Å². The van der Waals surface area contributed by atoms with Crippen molar-refractivity contribution in [1.29, 1.82) is 0 Å². The van der Waals surface area contributed by atoms with Gasteiger partial charge in [0.1, 0.15) is 10.6 Å². The van der Waals surface area contributed by atoms with Gasteiger partial charge in [0, 0.05) is 40.2 Å². The minimum Gasteiger partial charge on any atom is -0.550 e. The molecule has 0 aliphatic rings. The van der Waals surface area contributed by atoms with E-state index in [1.54, 1.807) is 29.5 Å². The van der Waals surface area contributed by atoms with E-state index in [1.807, 2.05) is 26.8 Å². The van der Waals surface area contributed by atoms with E-state index in [4.69, 9.17) is 4.98 Å². The number of carbonyl (C=O) groups excluding carboxylic acids is 1. The average Bonchev–Trinajstić information content (AvgIpc) is 3.05. The number of carboxylic acid groups (broad SMARTS) is 1. The predicted molar refractivity (Wildman–Crippen MR) is 119 cm³/mol. The molecule has 2 aromatic heterocycles. The fraction of sp³-hybridized carbons (Fsp3) is 0.333. The molecule has 0 aliphatic heterocycles. The molecule has 2 N–H and O–H groups in total. The van der Waals surface area contributed by atoms with Crippen LogP contribution in [0.15, 0.2) is 36.4 Å². The van der Waals surface area contributed by atoms with E-state index in [0.29, 0.717) is 0 Å². The van der Waals surface area contributed by atoms with Crippen LogP contribution in [0.3, 0.4) is 0 Å². The Morgan fingerprint density at radius 3 is 2.50 bits per heavy atom. The van der Waals surface area contributed by atoms with Crippen molar-refractivity contribution in [3.8, 4) is 11.1 Å². The predicted octanol–water partition coefficient (Wildman–Crippen LogP) is 0.803. The third kappa shape index (κ3) is 6.47. The molecular formula is C24H25FNNaO4S. The minimum absolute atomic E-state index is 0. The summed E-state index contributed by atoms with van der Waals surface area (Å²) in [7, 11) is 0. The Morgan fingerprint density at radius 1 is 1.25 bits per heavy atom. The number of aliphatic hydroxyl groups excluding tert-OH is 2. The van der Waals surface area contributed by atoms with Crippen LogP contribution in [0.4, 0.5) is 4.39 Å². The molecule has 5 nitrogen and oxygen atoms in total. The van der Waals surface area contributed by atoms with Crippen LogP contribution in [-0.2, 0) is 4.79 Å². The molecular weight excluding hydrogens is 440 g/mol. The molecule has 2 atom stereocenters. The molecule has 0 aliphatic carbocycles. The number of aryl methyl sites for hydroxylation is 1. The molecule has 3 rings (SSSR count). The Labute approximate surface area is 212 Å². The van der Waals surface area contributed by atoms with E-state index >= 15 is 0 Å². The second-order valence-electron chi connectivity index (χ2n) is 7.92. The van der Waals surface area contributed by atoms with Crippen LogP contribution in [0.2, 0.25) is 0 Å². The molecule has 0 fully saturated rings. The first-order valence-electron chi connectivity index (χ1n) is 10.1. The van der Waals surface area contributed by atoms with Gasteiger partial charge in [-0.05, 0) is 36.6 Å². The third-order valence-electron chi connectivity index (χ3n) is 4.95. The fourth-order valence-electron chi connectivity index (χ4n) is 3.58. The largest absolute Gasteiger partial charge is 1.00 e. The van der Waals surface area contributed by atoms with E-state index in [9.17, 15) is 24.5 Å². The summed E-state index contributed by atoms with van der Waals surface area (Å²) in [5, 5.41) is 31.7. The van der Waals surface area contributed by atoms with E-state index < -0.39 is 24.6 Å². The fourth-order valence-corrected chi connectivity index (χ4v) is 4.48. The summed E-state index contributed by atoms with van der Waals surface area (Å²) in [5.41, 5.74) is 3.38. The smallest absolute Gasteiger partial charge is 0.550 e. The molecule has 1 aromatic carbocycles.